The van der Waals surface area contributed by atoms with Crippen LogP contribution in [0.3, 0.4) is 0 Å². The average molecular weight is 312 g/mol. The highest BCUT2D eigenvalue weighted by molar-refractivity contribution is 7.99. The molecule has 0 fully saturated rings. The Bertz CT molecular complexity index is 645. The summed E-state index contributed by atoms with van der Waals surface area (Å²) in [5, 5.41) is 3.72. The minimum atomic E-state index is -0.434. The van der Waals surface area contributed by atoms with Crippen LogP contribution in [0.2, 0.25) is 0 Å². The van der Waals surface area contributed by atoms with E-state index in [1.165, 1.54) is 11.1 Å². The first-order valence-corrected chi connectivity index (χ1v) is 8.57. The van der Waals surface area contributed by atoms with Gasteiger partial charge in [-0.05, 0) is 28.9 Å². The summed E-state index contributed by atoms with van der Waals surface area (Å²) in [5.41, 5.74) is 9.29. The highest BCUT2D eigenvalue weighted by atomic mass is 32.2. The number of hydrogen-bond acceptors (Lipinski definition) is 3. The quantitative estimate of drug-likeness (QED) is 0.892. The van der Waals surface area contributed by atoms with Gasteiger partial charge in [0, 0.05) is 11.8 Å². The van der Waals surface area contributed by atoms with Gasteiger partial charge in [-0.1, -0.05) is 54.6 Å². The summed E-state index contributed by atoms with van der Waals surface area (Å²) in [7, 11) is 0. The van der Waals surface area contributed by atoms with Gasteiger partial charge in [-0.3, -0.25) is 4.79 Å². The lowest BCUT2D eigenvalue weighted by Crippen LogP contribution is -2.36. The molecule has 2 aromatic rings. The summed E-state index contributed by atoms with van der Waals surface area (Å²) >= 11 is 1.94. The van der Waals surface area contributed by atoms with Crippen molar-refractivity contribution in [3.8, 4) is 0 Å². The fraction of sp³-hybridized carbons (Fsp3) is 0.278. The van der Waals surface area contributed by atoms with Gasteiger partial charge in [0.05, 0.1) is 0 Å². The predicted octanol–water partition coefficient (Wildman–Crippen LogP) is 2.83. The Hall–Kier alpha value is -1.78. The normalized spacial score (nSPS) is 18.5. The molecule has 3 N–H and O–H groups in total. The maximum Gasteiger partial charge on any atom is 0.239 e. The van der Waals surface area contributed by atoms with Gasteiger partial charge in [0.1, 0.15) is 6.04 Å². The van der Waals surface area contributed by atoms with Crippen LogP contribution in [0.1, 0.15) is 28.0 Å². The molecular formula is C18H20N2OS. The summed E-state index contributed by atoms with van der Waals surface area (Å²) in [4.78, 5) is 11.8. The summed E-state index contributed by atoms with van der Waals surface area (Å²) in [6.45, 7) is 0.740. The van der Waals surface area contributed by atoms with Gasteiger partial charge < -0.3 is 11.1 Å². The number of nitrogens with one attached hydrogen (secondary N) is 1. The fourth-order valence-corrected chi connectivity index (χ4v) is 4.14. The monoisotopic (exact) mass is 312 g/mol. The zero-order valence-electron chi connectivity index (χ0n) is 12.4. The molecule has 1 aliphatic heterocycles. The zero-order chi connectivity index (χ0) is 15.4. The number of nitrogens with two attached hydrogens (primary N) is 1. The number of hydrogen-bond donors (Lipinski definition) is 2. The molecule has 2 aromatic carbocycles. The Balaban J connectivity index is 1.73. The van der Waals surface area contributed by atoms with E-state index in [9.17, 15) is 4.79 Å². The van der Waals surface area contributed by atoms with Gasteiger partial charge in [-0.2, -0.15) is 11.8 Å². The molecule has 0 aliphatic carbocycles. The van der Waals surface area contributed by atoms with E-state index in [2.05, 4.69) is 29.6 Å². The third kappa shape index (κ3) is 3.34. The summed E-state index contributed by atoms with van der Waals surface area (Å²) in [6.07, 6.45) is 1.12. The van der Waals surface area contributed by atoms with Crippen LogP contribution >= 0.6 is 11.8 Å². The molecule has 3 rings (SSSR count). The van der Waals surface area contributed by atoms with Crippen molar-refractivity contribution in [2.24, 2.45) is 5.73 Å². The van der Waals surface area contributed by atoms with E-state index in [0.29, 0.717) is 5.25 Å². The third-order valence-electron chi connectivity index (χ3n) is 4.02. The van der Waals surface area contributed by atoms with Crippen LogP contribution in [0.4, 0.5) is 0 Å². The standard InChI is InChI=1S/C18H20N2OS/c19-18(21)17(14-7-2-1-3-8-14)20-12-16-15-9-5-4-6-13(15)10-11-22-16/h1-9,16-17,20H,10-12H2,(H2,19,21)/t16-,17+/m1/s1. The molecule has 4 heteroatoms. The van der Waals surface area contributed by atoms with Crippen LogP contribution in [-0.2, 0) is 11.2 Å². The van der Waals surface area contributed by atoms with Gasteiger partial charge >= 0.3 is 0 Å². The van der Waals surface area contributed by atoms with E-state index in [1.807, 2.05) is 42.1 Å². The number of benzene rings is 2. The van der Waals surface area contributed by atoms with Crippen molar-refractivity contribution >= 4 is 17.7 Å². The van der Waals surface area contributed by atoms with Crippen molar-refractivity contribution in [2.75, 3.05) is 12.3 Å². The summed E-state index contributed by atoms with van der Waals surface area (Å²) < 4.78 is 0. The second kappa shape index (κ2) is 6.99. The van der Waals surface area contributed by atoms with E-state index in [1.54, 1.807) is 0 Å². The molecule has 0 radical (unpaired) electrons. The van der Waals surface area contributed by atoms with Crippen molar-refractivity contribution in [3.63, 3.8) is 0 Å². The van der Waals surface area contributed by atoms with Gasteiger partial charge in [0.15, 0.2) is 0 Å². The Morgan fingerprint density at radius 3 is 2.68 bits per heavy atom. The highest BCUT2D eigenvalue weighted by Crippen LogP contribution is 2.36. The number of amides is 1. The minimum absolute atomic E-state index is 0.333. The van der Waals surface area contributed by atoms with E-state index >= 15 is 0 Å². The molecule has 3 nitrogen and oxygen atoms in total. The smallest absolute Gasteiger partial charge is 0.239 e. The fourth-order valence-electron chi connectivity index (χ4n) is 2.90. The van der Waals surface area contributed by atoms with Crippen molar-refractivity contribution < 1.29 is 4.79 Å². The summed E-state index contributed by atoms with van der Waals surface area (Å²) in [5.74, 6) is 0.788. The second-order valence-corrected chi connectivity index (χ2v) is 6.77. The Labute approximate surface area is 135 Å². The average Bonchev–Trinajstić information content (AvgIpc) is 2.56. The lowest BCUT2D eigenvalue weighted by atomic mass is 10.0. The number of primary amides is 1. The number of thioether (sulfide) groups is 1. The lowest BCUT2D eigenvalue weighted by molar-refractivity contribution is -0.120. The molecule has 0 saturated carbocycles. The molecular weight excluding hydrogens is 292 g/mol. The van der Waals surface area contributed by atoms with Crippen LogP contribution in [0.15, 0.2) is 54.6 Å². The molecule has 1 aliphatic rings. The first kappa shape index (κ1) is 15.1. The van der Waals surface area contributed by atoms with E-state index in [0.717, 1.165) is 24.3 Å². The Kier molecular flexibility index (Phi) is 4.80. The number of aryl methyl sites for hydroxylation is 1. The van der Waals surface area contributed by atoms with Crippen LogP contribution in [0.5, 0.6) is 0 Å². The van der Waals surface area contributed by atoms with Gasteiger partial charge in [-0.15, -0.1) is 0 Å². The molecule has 0 bridgehead atoms. The van der Waals surface area contributed by atoms with Gasteiger partial charge in [-0.25, -0.2) is 0 Å². The van der Waals surface area contributed by atoms with Crippen molar-refractivity contribution in [3.05, 3.63) is 71.3 Å². The third-order valence-corrected chi connectivity index (χ3v) is 5.28. The zero-order valence-corrected chi connectivity index (χ0v) is 13.2. The first-order valence-electron chi connectivity index (χ1n) is 7.53. The molecule has 2 atom stereocenters. The highest BCUT2D eigenvalue weighted by Gasteiger charge is 2.23. The second-order valence-electron chi connectivity index (χ2n) is 5.46. The van der Waals surface area contributed by atoms with Crippen LogP contribution in [0, 0.1) is 0 Å². The van der Waals surface area contributed by atoms with Crippen LogP contribution in [-0.4, -0.2) is 18.2 Å². The molecule has 0 unspecified atom stereocenters. The van der Waals surface area contributed by atoms with E-state index in [4.69, 9.17) is 5.73 Å². The largest absolute Gasteiger partial charge is 0.368 e. The maximum atomic E-state index is 11.8. The lowest BCUT2D eigenvalue weighted by Gasteiger charge is -2.27. The molecule has 22 heavy (non-hydrogen) atoms. The van der Waals surface area contributed by atoms with Crippen LogP contribution in [0.25, 0.3) is 0 Å². The maximum absolute atomic E-state index is 11.8. The molecule has 0 saturated heterocycles. The topological polar surface area (TPSA) is 55.1 Å². The van der Waals surface area contributed by atoms with Crippen molar-refractivity contribution in [1.29, 1.82) is 0 Å². The predicted molar refractivity (Wildman–Crippen MR) is 91.7 cm³/mol. The minimum Gasteiger partial charge on any atom is -0.368 e. The molecule has 0 spiro atoms. The molecule has 114 valence electrons. The number of carbonyl (C=O) groups excluding carboxylic acids is 1. The van der Waals surface area contributed by atoms with Crippen LogP contribution < -0.4 is 11.1 Å². The summed E-state index contributed by atoms with van der Waals surface area (Å²) in [6, 6.07) is 17.8. The van der Waals surface area contributed by atoms with Gasteiger partial charge in [0.2, 0.25) is 5.91 Å². The van der Waals surface area contributed by atoms with E-state index in [-0.39, 0.29) is 5.91 Å². The number of rotatable bonds is 5. The Morgan fingerprint density at radius 1 is 1.18 bits per heavy atom. The number of carbonyl (C=O) groups is 1. The molecule has 1 heterocycles. The van der Waals surface area contributed by atoms with Gasteiger partial charge in [0.25, 0.3) is 0 Å². The van der Waals surface area contributed by atoms with Crippen molar-refractivity contribution in [2.45, 2.75) is 17.7 Å². The molecule has 1 amide bonds. The van der Waals surface area contributed by atoms with E-state index < -0.39 is 6.04 Å². The first-order chi connectivity index (χ1) is 10.8. The number of fused-ring (bicyclic) bond motifs is 1. The molecule has 0 aromatic heterocycles. The Morgan fingerprint density at radius 2 is 1.91 bits per heavy atom. The van der Waals surface area contributed by atoms with Crippen molar-refractivity contribution in [1.82, 2.24) is 5.32 Å². The SMILES string of the molecule is NC(=O)[C@@H](NC[C@H]1SCCc2ccccc21)c1ccccc1.